The number of hydrogen-bond acceptors (Lipinski definition) is 3. The number of halogens is 2. The Morgan fingerprint density at radius 2 is 1.92 bits per heavy atom. The van der Waals surface area contributed by atoms with Crippen LogP contribution in [0.5, 0.6) is 0 Å². The average molecular weight is 347 g/mol. The van der Waals surface area contributed by atoms with Gasteiger partial charge in [0.25, 0.3) is 5.91 Å². The zero-order valence-electron chi connectivity index (χ0n) is 13.9. The van der Waals surface area contributed by atoms with Crippen LogP contribution in [0.4, 0.5) is 8.78 Å². The van der Waals surface area contributed by atoms with Gasteiger partial charge in [-0.15, -0.1) is 0 Å². The lowest BCUT2D eigenvalue weighted by molar-refractivity contribution is -0.124. The first-order chi connectivity index (χ1) is 11.9. The largest absolute Gasteiger partial charge is 0.350 e. The minimum Gasteiger partial charge on any atom is -0.350 e. The third kappa shape index (κ3) is 5.07. The number of carbonyl (C=O) groups excluding carboxylic acids is 2. The van der Waals surface area contributed by atoms with Crippen molar-refractivity contribution in [1.29, 1.82) is 0 Å². The number of amides is 2. The molecular formula is C18H19F2N3O2. The van der Waals surface area contributed by atoms with Crippen LogP contribution >= 0.6 is 0 Å². The summed E-state index contributed by atoms with van der Waals surface area (Å²) in [5.74, 6) is -3.35. The summed E-state index contributed by atoms with van der Waals surface area (Å²) in [6, 6.07) is 5.60. The van der Waals surface area contributed by atoms with Crippen molar-refractivity contribution in [3.63, 3.8) is 0 Å². The SMILES string of the molecule is CC(C)[C@@H](NC(=O)c1ccc(F)c(F)c1)C(=O)NCc1cccnc1. The lowest BCUT2D eigenvalue weighted by atomic mass is 10.0. The van der Waals surface area contributed by atoms with Gasteiger partial charge in [0.05, 0.1) is 0 Å². The van der Waals surface area contributed by atoms with Gasteiger partial charge in [-0.3, -0.25) is 14.6 Å². The van der Waals surface area contributed by atoms with Gasteiger partial charge < -0.3 is 10.6 Å². The van der Waals surface area contributed by atoms with Gasteiger partial charge in [-0.1, -0.05) is 19.9 Å². The maximum absolute atomic E-state index is 13.3. The highest BCUT2D eigenvalue weighted by molar-refractivity contribution is 5.97. The highest BCUT2D eigenvalue weighted by atomic mass is 19.2. The molecular weight excluding hydrogens is 328 g/mol. The molecule has 0 bridgehead atoms. The summed E-state index contributed by atoms with van der Waals surface area (Å²) in [5, 5.41) is 5.29. The molecule has 0 saturated heterocycles. The summed E-state index contributed by atoms with van der Waals surface area (Å²) in [6.07, 6.45) is 3.26. The molecule has 0 radical (unpaired) electrons. The molecule has 1 atom stereocenters. The van der Waals surface area contributed by atoms with E-state index in [4.69, 9.17) is 0 Å². The number of pyridine rings is 1. The molecule has 1 aromatic heterocycles. The van der Waals surface area contributed by atoms with Crippen LogP contribution in [0.1, 0.15) is 29.8 Å². The number of carbonyl (C=O) groups is 2. The van der Waals surface area contributed by atoms with Gasteiger partial charge in [0.15, 0.2) is 11.6 Å². The topological polar surface area (TPSA) is 71.1 Å². The van der Waals surface area contributed by atoms with Gasteiger partial charge in [0.2, 0.25) is 5.91 Å². The van der Waals surface area contributed by atoms with E-state index in [1.54, 1.807) is 32.3 Å². The molecule has 0 unspecified atom stereocenters. The summed E-state index contributed by atoms with van der Waals surface area (Å²) >= 11 is 0. The lowest BCUT2D eigenvalue weighted by Gasteiger charge is -2.21. The number of aromatic nitrogens is 1. The fraction of sp³-hybridized carbons (Fsp3) is 0.278. The standard InChI is InChI=1S/C18H19F2N3O2/c1-11(2)16(18(25)22-10-12-4-3-7-21-9-12)23-17(24)13-5-6-14(19)15(20)8-13/h3-9,11,16H,10H2,1-2H3,(H,22,25)(H,23,24)/t16-/m1/s1. The maximum atomic E-state index is 13.3. The molecule has 25 heavy (non-hydrogen) atoms. The second-order valence-electron chi connectivity index (χ2n) is 5.90. The summed E-state index contributed by atoms with van der Waals surface area (Å²) in [7, 11) is 0. The van der Waals surface area contributed by atoms with Crippen molar-refractivity contribution in [2.75, 3.05) is 0 Å². The Bertz CT molecular complexity index is 751. The Hall–Kier alpha value is -2.83. The molecule has 0 saturated carbocycles. The van der Waals surface area contributed by atoms with E-state index in [-0.39, 0.29) is 23.9 Å². The van der Waals surface area contributed by atoms with E-state index in [0.717, 1.165) is 17.7 Å². The molecule has 1 aromatic carbocycles. The van der Waals surface area contributed by atoms with E-state index in [1.807, 2.05) is 6.07 Å². The zero-order valence-corrected chi connectivity index (χ0v) is 13.9. The molecule has 0 aliphatic carbocycles. The van der Waals surface area contributed by atoms with Crippen molar-refractivity contribution in [1.82, 2.24) is 15.6 Å². The molecule has 0 spiro atoms. The number of hydrogen-bond donors (Lipinski definition) is 2. The zero-order chi connectivity index (χ0) is 18.4. The number of benzene rings is 1. The quantitative estimate of drug-likeness (QED) is 0.843. The van der Waals surface area contributed by atoms with Crippen LogP contribution in [-0.4, -0.2) is 22.8 Å². The Morgan fingerprint density at radius 3 is 2.52 bits per heavy atom. The first-order valence-corrected chi connectivity index (χ1v) is 7.81. The summed E-state index contributed by atoms with van der Waals surface area (Å²) in [4.78, 5) is 28.5. The van der Waals surface area contributed by atoms with Crippen LogP contribution in [0, 0.1) is 17.6 Å². The van der Waals surface area contributed by atoms with Crippen LogP contribution in [-0.2, 0) is 11.3 Å². The first kappa shape index (κ1) is 18.5. The van der Waals surface area contributed by atoms with Gasteiger partial charge in [-0.25, -0.2) is 8.78 Å². The second-order valence-corrected chi connectivity index (χ2v) is 5.90. The van der Waals surface area contributed by atoms with Gasteiger partial charge >= 0.3 is 0 Å². The van der Waals surface area contributed by atoms with Gasteiger partial charge in [-0.2, -0.15) is 0 Å². The van der Waals surface area contributed by atoms with E-state index in [0.29, 0.717) is 0 Å². The maximum Gasteiger partial charge on any atom is 0.252 e. The summed E-state index contributed by atoms with van der Waals surface area (Å²) in [5.41, 5.74) is 0.773. The highest BCUT2D eigenvalue weighted by Gasteiger charge is 2.24. The van der Waals surface area contributed by atoms with Crippen molar-refractivity contribution < 1.29 is 18.4 Å². The molecule has 2 N–H and O–H groups in total. The Balaban J connectivity index is 2.02. The van der Waals surface area contributed by atoms with E-state index in [9.17, 15) is 18.4 Å². The molecule has 0 fully saturated rings. The van der Waals surface area contributed by atoms with E-state index < -0.39 is 23.6 Å². The Labute approximate surface area is 144 Å². The van der Waals surface area contributed by atoms with Crippen molar-refractivity contribution in [3.05, 3.63) is 65.5 Å². The third-order valence-corrected chi connectivity index (χ3v) is 3.61. The molecule has 2 amide bonds. The number of nitrogens with zero attached hydrogens (tertiary/aromatic N) is 1. The Morgan fingerprint density at radius 1 is 1.16 bits per heavy atom. The minimum absolute atomic E-state index is 0.0513. The van der Waals surface area contributed by atoms with E-state index in [2.05, 4.69) is 15.6 Å². The van der Waals surface area contributed by atoms with Gasteiger partial charge in [0, 0.05) is 24.5 Å². The van der Waals surface area contributed by atoms with Gasteiger partial charge in [-0.05, 0) is 35.7 Å². The summed E-state index contributed by atoms with van der Waals surface area (Å²) < 4.78 is 26.2. The predicted octanol–water partition coefficient (Wildman–Crippen LogP) is 2.43. The first-order valence-electron chi connectivity index (χ1n) is 7.81. The monoisotopic (exact) mass is 347 g/mol. The van der Waals surface area contributed by atoms with Crippen LogP contribution in [0.15, 0.2) is 42.7 Å². The molecule has 5 nitrogen and oxygen atoms in total. The molecule has 2 aromatic rings. The Kier molecular flexibility index (Phi) is 6.16. The molecule has 0 aliphatic rings. The molecule has 132 valence electrons. The number of nitrogens with one attached hydrogen (secondary N) is 2. The van der Waals surface area contributed by atoms with Crippen molar-refractivity contribution in [2.45, 2.75) is 26.4 Å². The van der Waals surface area contributed by atoms with Crippen LogP contribution < -0.4 is 10.6 Å². The normalized spacial score (nSPS) is 11.9. The molecule has 7 heteroatoms. The van der Waals surface area contributed by atoms with Crippen LogP contribution in [0.25, 0.3) is 0 Å². The molecule has 1 heterocycles. The van der Waals surface area contributed by atoms with Crippen molar-refractivity contribution in [3.8, 4) is 0 Å². The molecule has 2 rings (SSSR count). The van der Waals surface area contributed by atoms with E-state index in [1.165, 1.54) is 6.07 Å². The van der Waals surface area contributed by atoms with Crippen molar-refractivity contribution in [2.24, 2.45) is 5.92 Å². The predicted molar refractivity (Wildman–Crippen MR) is 88.5 cm³/mol. The third-order valence-electron chi connectivity index (χ3n) is 3.61. The average Bonchev–Trinajstić information content (AvgIpc) is 2.60. The fourth-order valence-corrected chi connectivity index (χ4v) is 2.20. The summed E-state index contributed by atoms with van der Waals surface area (Å²) in [6.45, 7) is 3.83. The van der Waals surface area contributed by atoms with Gasteiger partial charge in [0.1, 0.15) is 6.04 Å². The fourth-order valence-electron chi connectivity index (χ4n) is 2.20. The highest BCUT2D eigenvalue weighted by Crippen LogP contribution is 2.10. The number of rotatable bonds is 6. The van der Waals surface area contributed by atoms with Crippen LogP contribution in [0.3, 0.4) is 0 Å². The molecule has 0 aliphatic heterocycles. The smallest absolute Gasteiger partial charge is 0.252 e. The second kappa shape index (κ2) is 8.32. The van der Waals surface area contributed by atoms with Crippen LogP contribution in [0.2, 0.25) is 0 Å². The van der Waals surface area contributed by atoms with Crippen molar-refractivity contribution >= 4 is 11.8 Å². The van der Waals surface area contributed by atoms with E-state index >= 15 is 0 Å². The minimum atomic E-state index is -1.12. The lowest BCUT2D eigenvalue weighted by Crippen LogP contribution is -2.49.